The predicted octanol–water partition coefficient (Wildman–Crippen LogP) is 3.18. The predicted molar refractivity (Wildman–Crippen MR) is 88.2 cm³/mol. The molecule has 2 aromatic carbocycles. The molecule has 3 nitrogen and oxygen atoms in total. The minimum Gasteiger partial charge on any atom is -0.465 e. The first-order valence-corrected chi connectivity index (χ1v) is 7.61. The highest BCUT2D eigenvalue weighted by Gasteiger charge is 2.46. The molecule has 0 aliphatic carbocycles. The molecule has 114 valence electrons. The number of hydrogen-bond acceptors (Lipinski definition) is 3. The average molecular weight is 295 g/mol. The van der Waals surface area contributed by atoms with Crippen molar-refractivity contribution < 1.29 is 9.53 Å². The second-order valence-corrected chi connectivity index (χ2v) is 6.08. The minimum atomic E-state index is -0.562. The van der Waals surface area contributed by atoms with E-state index in [1.54, 1.807) is 0 Å². The van der Waals surface area contributed by atoms with Gasteiger partial charge in [0.2, 0.25) is 0 Å². The number of hydrogen-bond donors (Lipinski definition) is 0. The second-order valence-electron chi connectivity index (χ2n) is 6.08. The molecule has 2 aromatic rings. The Labute approximate surface area is 131 Å². The number of anilines is 1. The summed E-state index contributed by atoms with van der Waals surface area (Å²) in [6, 6.07) is 18.4. The molecule has 1 fully saturated rings. The normalized spacial score (nSPS) is 20.7. The third-order valence-electron chi connectivity index (χ3n) is 4.42. The smallest absolute Gasteiger partial charge is 0.317 e. The van der Waals surface area contributed by atoms with Crippen molar-refractivity contribution in [2.24, 2.45) is 0 Å². The van der Waals surface area contributed by atoms with Crippen LogP contribution in [-0.2, 0) is 21.4 Å². The lowest BCUT2D eigenvalue weighted by Gasteiger charge is -2.27. The minimum absolute atomic E-state index is 0.104. The molecule has 1 aliphatic heterocycles. The summed E-state index contributed by atoms with van der Waals surface area (Å²) in [4.78, 5) is 14.6. The first-order valence-electron chi connectivity index (χ1n) is 7.61. The molecule has 0 radical (unpaired) electrons. The second kappa shape index (κ2) is 5.84. The maximum Gasteiger partial charge on any atom is 0.317 e. The number of ether oxygens (including phenoxy) is 1. The number of cyclic esters (lactones) is 1. The Morgan fingerprint density at radius 1 is 1.09 bits per heavy atom. The Balaban J connectivity index is 2.03. The van der Waals surface area contributed by atoms with Crippen molar-refractivity contribution in [2.75, 3.05) is 25.6 Å². The maximum atomic E-state index is 12.5. The monoisotopic (exact) mass is 295 g/mol. The standard InChI is InChI=1S/C19H21NO2/c1-20(2)17-10-6-9-16(13-17)19(11-12-22-18(19)21)14-15-7-4-3-5-8-15/h3-10,13H,11-12,14H2,1-2H3. The van der Waals surface area contributed by atoms with Crippen LogP contribution >= 0.6 is 0 Å². The average Bonchev–Trinajstić information content (AvgIpc) is 2.90. The molecule has 1 unspecified atom stereocenters. The molecule has 0 spiro atoms. The number of nitrogens with zero attached hydrogens (tertiary/aromatic N) is 1. The van der Waals surface area contributed by atoms with Crippen LogP contribution in [0.5, 0.6) is 0 Å². The van der Waals surface area contributed by atoms with Crippen LogP contribution in [-0.4, -0.2) is 26.7 Å². The van der Waals surface area contributed by atoms with Crippen molar-refractivity contribution >= 4 is 11.7 Å². The molecule has 0 aromatic heterocycles. The summed E-state index contributed by atoms with van der Waals surface area (Å²) in [7, 11) is 4.02. The van der Waals surface area contributed by atoms with E-state index in [-0.39, 0.29) is 5.97 Å². The van der Waals surface area contributed by atoms with Crippen LogP contribution in [0.3, 0.4) is 0 Å². The lowest BCUT2D eigenvalue weighted by molar-refractivity contribution is -0.142. The number of carbonyl (C=O) groups excluding carboxylic acids is 1. The van der Waals surface area contributed by atoms with E-state index in [4.69, 9.17) is 4.74 Å². The summed E-state index contributed by atoms with van der Waals surface area (Å²) in [5.74, 6) is -0.104. The van der Waals surface area contributed by atoms with Crippen LogP contribution in [0.4, 0.5) is 5.69 Å². The van der Waals surface area contributed by atoms with Gasteiger partial charge in [-0.25, -0.2) is 0 Å². The van der Waals surface area contributed by atoms with Gasteiger partial charge in [-0.2, -0.15) is 0 Å². The van der Waals surface area contributed by atoms with Gasteiger partial charge in [-0.1, -0.05) is 42.5 Å². The zero-order valence-electron chi connectivity index (χ0n) is 13.1. The summed E-state index contributed by atoms with van der Waals surface area (Å²) in [5, 5.41) is 0. The lowest BCUT2D eigenvalue weighted by atomic mass is 9.74. The van der Waals surface area contributed by atoms with Crippen LogP contribution < -0.4 is 4.90 Å². The Bertz CT molecular complexity index is 666. The van der Waals surface area contributed by atoms with E-state index in [0.29, 0.717) is 13.0 Å². The Morgan fingerprint density at radius 2 is 1.86 bits per heavy atom. The van der Waals surface area contributed by atoms with Crippen molar-refractivity contribution in [1.82, 2.24) is 0 Å². The van der Waals surface area contributed by atoms with Gasteiger partial charge in [0.15, 0.2) is 0 Å². The first-order chi connectivity index (χ1) is 10.6. The van der Waals surface area contributed by atoms with E-state index in [1.807, 2.05) is 44.4 Å². The van der Waals surface area contributed by atoms with Gasteiger partial charge < -0.3 is 9.64 Å². The highest BCUT2D eigenvalue weighted by Crippen LogP contribution is 2.38. The van der Waals surface area contributed by atoms with Crippen molar-refractivity contribution in [2.45, 2.75) is 18.3 Å². The third-order valence-corrected chi connectivity index (χ3v) is 4.42. The zero-order chi connectivity index (χ0) is 15.6. The molecule has 0 amide bonds. The lowest BCUT2D eigenvalue weighted by Crippen LogP contribution is -2.34. The third kappa shape index (κ3) is 2.59. The fraction of sp³-hybridized carbons (Fsp3) is 0.316. The molecule has 0 bridgehead atoms. The fourth-order valence-corrected chi connectivity index (χ4v) is 3.11. The topological polar surface area (TPSA) is 29.5 Å². The summed E-state index contributed by atoms with van der Waals surface area (Å²) in [5.41, 5.74) is 2.75. The summed E-state index contributed by atoms with van der Waals surface area (Å²) < 4.78 is 5.34. The molecular formula is C19H21NO2. The van der Waals surface area contributed by atoms with Gasteiger partial charge in [0.25, 0.3) is 0 Å². The number of esters is 1. The molecule has 3 heteroatoms. The molecule has 22 heavy (non-hydrogen) atoms. The number of carbonyl (C=O) groups is 1. The molecular weight excluding hydrogens is 274 g/mol. The van der Waals surface area contributed by atoms with Crippen LogP contribution in [0.2, 0.25) is 0 Å². The number of rotatable bonds is 4. The molecule has 1 atom stereocenters. The molecule has 1 saturated heterocycles. The van der Waals surface area contributed by atoms with E-state index in [2.05, 4.69) is 29.2 Å². The van der Waals surface area contributed by atoms with Crippen LogP contribution in [0.25, 0.3) is 0 Å². The van der Waals surface area contributed by atoms with Crippen molar-refractivity contribution in [1.29, 1.82) is 0 Å². The highest BCUT2D eigenvalue weighted by molar-refractivity contribution is 5.85. The van der Waals surface area contributed by atoms with Gasteiger partial charge in [0.1, 0.15) is 5.41 Å². The molecule has 0 N–H and O–H groups in total. The summed E-state index contributed by atoms with van der Waals surface area (Å²) in [6.07, 6.45) is 1.42. The van der Waals surface area contributed by atoms with Gasteiger partial charge in [0.05, 0.1) is 6.61 Å². The van der Waals surface area contributed by atoms with Gasteiger partial charge in [-0.15, -0.1) is 0 Å². The molecule has 3 rings (SSSR count). The molecule has 1 heterocycles. The van der Waals surface area contributed by atoms with Gasteiger partial charge in [0, 0.05) is 26.2 Å². The van der Waals surface area contributed by atoms with E-state index in [0.717, 1.165) is 23.2 Å². The quantitative estimate of drug-likeness (QED) is 0.811. The summed E-state index contributed by atoms with van der Waals surface area (Å²) in [6.45, 7) is 0.498. The van der Waals surface area contributed by atoms with E-state index >= 15 is 0 Å². The Kier molecular flexibility index (Phi) is 3.88. The summed E-state index contributed by atoms with van der Waals surface area (Å²) >= 11 is 0. The van der Waals surface area contributed by atoms with Crippen LogP contribution in [0.15, 0.2) is 54.6 Å². The van der Waals surface area contributed by atoms with E-state index < -0.39 is 5.41 Å². The largest absolute Gasteiger partial charge is 0.465 e. The fourth-order valence-electron chi connectivity index (χ4n) is 3.11. The highest BCUT2D eigenvalue weighted by atomic mass is 16.5. The Morgan fingerprint density at radius 3 is 2.50 bits per heavy atom. The molecule has 1 aliphatic rings. The van der Waals surface area contributed by atoms with Gasteiger partial charge in [-0.3, -0.25) is 4.79 Å². The first kappa shape index (κ1) is 14.6. The van der Waals surface area contributed by atoms with Crippen molar-refractivity contribution in [3.63, 3.8) is 0 Å². The maximum absolute atomic E-state index is 12.5. The van der Waals surface area contributed by atoms with E-state index in [9.17, 15) is 4.79 Å². The number of benzene rings is 2. The molecule has 0 saturated carbocycles. The van der Waals surface area contributed by atoms with Crippen LogP contribution in [0.1, 0.15) is 17.5 Å². The van der Waals surface area contributed by atoms with Crippen LogP contribution in [0, 0.1) is 0 Å². The van der Waals surface area contributed by atoms with Crippen molar-refractivity contribution in [3.05, 3.63) is 65.7 Å². The van der Waals surface area contributed by atoms with E-state index in [1.165, 1.54) is 0 Å². The zero-order valence-corrected chi connectivity index (χ0v) is 13.1. The Hall–Kier alpha value is -2.29. The van der Waals surface area contributed by atoms with Gasteiger partial charge >= 0.3 is 5.97 Å². The SMILES string of the molecule is CN(C)c1cccc(C2(Cc3ccccc3)CCOC2=O)c1. The van der Waals surface area contributed by atoms with Gasteiger partial charge in [-0.05, 0) is 29.7 Å². The van der Waals surface area contributed by atoms with Crippen molar-refractivity contribution in [3.8, 4) is 0 Å².